The Balaban J connectivity index is 2.60. The molecule has 0 aromatic rings. The van der Waals surface area contributed by atoms with Gasteiger partial charge in [0.2, 0.25) is 0 Å². The van der Waals surface area contributed by atoms with Gasteiger partial charge in [0.25, 0.3) is 0 Å². The number of carbonyl (C=O) groups excluding carboxylic acids is 2. The summed E-state index contributed by atoms with van der Waals surface area (Å²) in [5.41, 5.74) is -1.05. The van der Waals surface area contributed by atoms with E-state index in [1.807, 2.05) is 6.92 Å². The maximum absolute atomic E-state index is 13.0. The lowest BCUT2D eigenvalue weighted by Crippen LogP contribution is -2.39. The lowest BCUT2D eigenvalue weighted by Gasteiger charge is -2.28. The molecule has 0 spiro atoms. The molecule has 0 aromatic heterocycles. The van der Waals surface area contributed by atoms with Crippen LogP contribution in [0.5, 0.6) is 0 Å². The van der Waals surface area contributed by atoms with Gasteiger partial charge in [-0.1, -0.05) is 13.5 Å². The van der Waals surface area contributed by atoms with Crippen LogP contribution in [-0.4, -0.2) is 42.4 Å². The molecule has 1 aliphatic carbocycles. The minimum absolute atomic E-state index is 0.413. The summed E-state index contributed by atoms with van der Waals surface area (Å²) in [6, 6.07) is 0. The Bertz CT molecular complexity index is 591. The summed E-state index contributed by atoms with van der Waals surface area (Å²) in [4.78, 5) is 22.9. The van der Waals surface area contributed by atoms with Crippen LogP contribution in [-0.2, 0) is 29.2 Å². The molecule has 0 heterocycles. The number of rotatable bonds is 7. The van der Waals surface area contributed by atoms with Crippen LogP contribution in [0, 0.1) is 0 Å². The van der Waals surface area contributed by atoms with Crippen molar-refractivity contribution in [3.63, 3.8) is 0 Å². The SMILES string of the molecule is C=C(COC(=O)C(F)(F)S(=O)(=O)O)C(=O)OC1(CC)CCCC1. The third kappa shape index (κ3) is 4.47. The van der Waals surface area contributed by atoms with Gasteiger partial charge < -0.3 is 9.47 Å². The second-order valence-corrected chi connectivity index (χ2v) is 6.77. The van der Waals surface area contributed by atoms with Gasteiger partial charge in [-0.05, 0) is 32.1 Å². The number of ether oxygens (including phenoxy) is 2. The van der Waals surface area contributed by atoms with Crippen molar-refractivity contribution in [2.75, 3.05) is 6.61 Å². The third-order valence-electron chi connectivity index (χ3n) is 3.70. The monoisotopic (exact) mass is 356 g/mol. The summed E-state index contributed by atoms with van der Waals surface area (Å²) < 4.78 is 64.3. The zero-order valence-electron chi connectivity index (χ0n) is 12.5. The Kier molecular flexibility index (Phi) is 5.86. The van der Waals surface area contributed by atoms with Gasteiger partial charge in [0.1, 0.15) is 12.2 Å². The van der Waals surface area contributed by atoms with Crippen LogP contribution in [0.1, 0.15) is 39.0 Å². The van der Waals surface area contributed by atoms with E-state index < -0.39 is 45.1 Å². The van der Waals surface area contributed by atoms with E-state index in [-0.39, 0.29) is 0 Å². The van der Waals surface area contributed by atoms with E-state index in [4.69, 9.17) is 9.29 Å². The molecular weight excluding hydrogens is 338 g/mol. The third-order valence-corrected chi connectivity index (χ3v) is 4.51. The molecule has 23 heavy (non-hydrogen) atoms. The second-order valence-electron chi connectivity index (χ2n) is 5.30. The Morgan fingerprint density at radius 2 is 1.83 bits per heavy atom. The molecule has 7 nitrogen and oxygen atoms in total. The average molecular weight is 356 g/mol. The lowest BCUT2D eigenvalue weighted by atomic mass is 9.99. The first kappa shape index (κ1) is 19.5. The normalized spacial score (nSPS) is 17.6. The Morgan fingerprint density at radius 1 is 1.30 bits per heavy atom. The van der Waals surface area contributed by atoms with Crippen LogP contribution in [0.2, 0.25) is 0 Å². The molecule has 1 saturated carbocycles. The first-order valence-corrected chi connectivity index (χ1v) is 8.32. The van der Waals surface area contributed by atoms with Crippen molar-refractivity contribution in [3.8, 4) is 0 Å². The first-order valence-electron chi connectivity index (χ1n) is 6.88. The van der Waals surface area contributed by atoms with Gasteiger partial charge in [0.15, 0.2) is 0 Å². The zero-order chi connectivity index (χ0) is 17.9. The molecule has 0 unspecified atom stereocenters. The van der Waals surface area contributed by atoms with Gasteiger partial charge in [0.05, 0.1) is 5.57 Å². The predicted octanol–water partition coefficient (Wildman–Crippen LogP) is 1.83. The van der Waals surface area contributed by atoms with Crippen LogP contribution >= 0.6 is 0 Å². The Hall–Kier alpha value is -1.55. The van der Waals surface area contributed by atoms with Crippen LogP contribution < -0.4 is 0 Å². The van der Waals surface area contributed by atoms with Crippen molar-refractivity contribution in [3.05, 3.63) is 12.2 Å². The fourth-order valence-corrected chi connectivity index (χ4v) is 2.49. The molecule has 0 saturated heterocycles. The standard InChI is InChI=1S/C13H18F2O7S/c1-3-12(6-4-5-7-12)22-10(16)9(2)8-21-11(17)13(14,15)23(18,19)20/h2-8H2,1H3,(H,18,19,20). The smallest absolute Gasteiger partial charge is 0.456 e. The van der Waals surface area contributed by atoms with Gasteiger partial charge in [0, 0.05) is 0 Å². The molecule has 0 bridgehead atoms. The van der Waals surface area contributed by atoms with Crippen LogP contribution in [0.25, 0.3) is 0 Å². The topological polar surface area (TPSA) is 107 Å². The molecule has 0 aliphatic heterocycles. The number of esters is 2. The zero-order valence-corrected chi connectivity index (χ0v) is 13.3. The minimum atomic E-state index is -5.96. The van der Waals surface area contributed by atoms with E-state index >= 15 is 0 Å². The van der Waals surface area contributed by atoms with Crippen molar-refractivity contribution in [2.45, 2.75) is 49.9 Å². The maximum Gasteiger partial charge on any atom is 0.465 e. The summed E-state index contributed by atoms with van der Waals surface area (Å²) in [7, 11) is -5.96. The van der Waals surface area contributed by atoms with E-state index in [1.165, 1.54) is 0 Å². The van der Waals surface area contributed by atoms with Crippen molar-refractivity contribution in [1.82, 2.24) is 0 Å². The molecule has 132 valence electrons. The van der Waals surface area contributed by atoms with Crippen molar-refractivity contribution in [1.29, 1.82) is 0 Å². The predicted molar refractivity (Wildman–Crippen MR) is 74.2 cm³/mol. The maximum atomic E-state index is 13.0. The molecular formula is C13H18F2O7S. The van der Waals surface area contributed by atoms with Gasteiger partial charge in [-0.25, -0.2) is 9.59 Å². The van der Waals surface area contributed by atoms with Crippen molar-refractivity contribution < 1.29 is 40.8 Å². The van der Waals surface area contributed by atoms with Gasteiger partial charge in [-0.2, -0.15) is 17.2 Å². The highest BCUT2D eigenvalue weighted by atomic mass is 32.2. The van der Waals surface area contributed by atoms with Crippen molar-refractivity contribution in [2.24, 2.45) is 0 Å². The molecule has 1 N–H and O–H groups in total. The van der Waals surface area contributed by atoms with E-state index in [0.717, 1.165) is 12.8 Å². The highest BCUT2D eigenvalue weighted by Crippen LogP contribution is 2.36. The number of alkyl halides is 2. The minimum Gasteiger partial charge on any atom is -0.456 e. The summed E-state index contributed by atoms with van der Waals surface area (Å²) >= 11 is 0. The number of carbonyl (C=O) groups is 2. The lowest BCUT2D eigenvalue weighted by molar-refractivity contribution is -0.162. The highest BCUT2D eigenvalue weighted by molar-refractivity contribution is 7.87. The molecule has 0 radical (unpaired) electrons. The van der Waals surface area contributed by atoms with Crippen LogP contribution in [0.4, 0.5) is 8.78 Å². The summed E-state index contributed by atoms with van der Waals surface area (Å²) in [5.74, 6) is -3.41. The Morgan fingerprint density at radius 3 is 2.26 bits per heavy atom. The summed E-state index contributed by atoms with van der Waals surface area (Å²) in [5, 5.41) is -5.12. The van der Waals surface area contributed by atoms with Crippen LogP contribution in [0.3, 0.4) is 0 Å². The van der Waals surface area contributed by atoms with Gasteiger partial charge in [-0.15, -0.1) is 0 Å². The van der Waals surface area contributed by atoms with Gasteiger partial charge >= 0.3 is 27.3 Å². The quantitative estimate of drug-likeness (QED) is 0.421. The highest BCUT2D eigenvalue weighted by Gasteiger charge is 2.54. The number of halogens is 2. The molecule has 0 aromatic carbocycles. The van der Waals surface area contributed by atoms with E-state index in [1.54, 1.807) is 0 Å². The summed E-state index contributed by atoms with van der Waals surface area (Å²) in [6.45, 7) is 4.14. The van der Waals surface area contributed by atoms with E-state index in [2.05, 4.69) is 11.3 Å². The molecule has 1 rings (SSSR count). The van der Waals surface area contributed by atoms with Crippen molar-refractivity contribution >= 4 is 22.1 Å². The molecule has 10 heteroatoms. The molecule has 0 amide bonds. The fraction of sp³-hybridized carbons (Fsp3) is 0.692. The van der Waals surface area contributed by atoms with Gasteiger partial charge in [-0.3, -0.25) is 4.55 Å². The first-order chi connectivity index (χ1) is 10.5. The second kappa shape index (κ2) is 6.91. The molecule has 0 atom stereocenters. The number of hydrogen-bond acceptors (Lipinski definition) is 6. The molecule has 1 aliphatic rings. The van der Waals surface area contributed by atoms with E-state index in [9.17, 15) is 26.8 Å². The Labute approximate surface area is 132 Å². The largest absolute Gasteiger partial charge is 0.465 e. The molecule has 1 fully saturated rings. The number of hydrogen-bond donors (Lipinski definition) is 1. The van der Waals surface area contributed by atoms with Crippen LogP contribution in [0.15, 0.2) is 12.2 Å². The average Bonchev–Trinajstić information content (AvgIpc) is 2.91. The van der Waals surface area contributed by atoms with E-state index in [0.29, 0.717) is 19.3 Å². The fourth-order valence-electron chi connectivity index (χ4n) is 2.22. The summed E-state index contributed by atoms with van der Waals surface area (Å²) in [6.07, 6.45) is 3.70.